The lowest BCUT2D eigenvalue weighted by Crippen LogP contribution is -2.35. The fraction of sp³-hybridized carbons (Fsp3) is 0.421. The van der Waals surface area contributed by atoms with Gasteiger partial charge in [0.2, 0.25) is 17.7 Å². The zero-order valence-electron chi connectivity index (χ0n) is 29.8. The molecule has 2 aromatic carbocycles. The number of allylic oxidation sites excluding steroid dienone is 2. The average molecular weight is 773 g/mol. The third-order valence-electron chi connectivity index (χ3n) is 10.2. The molecule has 3 atom stereocenters. The second-order valence-corrected chi connectivity index (χ2v) is 17.0. The van der Waals surface area contributed by atoms with E-state index in [1.54, 1.807) is 16.9 Å². The van der Waals surface area contributed by atoms with Crippen molar-refractivity contribution >= 4 is 69.1 Å². The standard InChI is InChI=1S/C38H44N8O6S2/c47-34(14-2-1-13-33-31-21-36(49)41-32(31)23-53-33)39-17-6-18-46-22-27(43-45-46)15-16-35(48)40-26-9-5-10-28(20-26)54(51,52)44-38(50)42-37-29-11-3-7-24(29)19-25-8-4-12-30(25)37/h3-5,7,9-10,12,19-20,22,31-33H,1-2,6,8,11,13-18,21,23H2,(H,39,47)(H,40,48)(H,41,49)(H2,42,44,50)/t31-,32-,33-/m0/s1. The van der Waals surface area contributed by atoms with Gasteiger partial charge in [-0.15, -0.1) is 5.10 Å². The summed E-state index contributed by atoms with van der Waals surface area (Å²) in [6, 6.07) is 7.27. The Labute approximate surface area is 318 Å². The molecule has 3 aromatic rings. The summed E-state index contributed by atoms with van der Waals surface area (Å²) in [6.45, 7) is 1.08. The smallest absolute Gasteiger partial charge is 0.333 e. The van der Waals surface area contributed by atoms with E-state index in [1.165, 1.54) is 18.2 Å². The molecule has 14 nitrogen and oxygen atoms in total. The van der Waals surface area contributed by atoms with Gasteiger partial charge >= 0.3 is 6.03 Å². The van der Waals surface area contributed by atoms with E-state index in [1.807, 2.05) is 36.1 Å². The number of thioether (sulfide) groups is 1. The van der Waals surface area contributed by atoms with Crippen molar-refractivity contribution in [1.82, 2.24) is 30.3 Å². The Morgan fingerprint density at radius 2 is 1.87 bits per heavy atom. The molecule has 0 saturated carbocycles. The SMILES string of the molecule is O=C(CCCC[C@@H]1SC[C@@H]2NC(=O)C[C@@H]21)NCCCn1cc(CCC(=O)Nc2cccc(S(=O)(=O)NC(=O)Nc3c4c(cc5c3CC=C5)CC=C4)c2)nn1. The van der Waals surface area contributed by atoms with Gasteiger partial charge < -0.3 is 21.3 Å². The van der Waals surface area contributed by atoms with Gasteiger partial charge in [0.15, 0.2) is 0 Å². The molecular formula is C38H44N8O6S2. The number of aryl methyl sites for hydroxylation is 2. The van der Waals surface area contributed by atoms with Crippen molar-refractivity contribution in [3.8, 4) is 0 Å². The van der Waals surface area contributed by atoms with Crippen LogP contribution in [0.25, 0.3) is 12.2 Å². The molecule has 0 spiro atoms. The van der Waals surface area contributed by atoms with E-state index in [0.29, 0.717) is 73.8 Å². The number of nitrogens with one attached hydrogen (secondary N) is 5. The molecule has 2 fully saturated rings. The lowest BCUT2D eigenvalue weighted by Gasteiger charge is -2.16. The number of benzene rings is 2. The number of aromatic nitrogens is 3. The normalized spacial score (nSPS) is 19.3. The van der Waals surface area contributed by atoms with E-state index >= 15 is 0 Å². The number of amides is 5. The predicted molar refractivity (Wildman–Crippen MR) is 207 cm³/mol. The molecule has 2 aliphatic heterocycles. The zero-order valence-corrected chi connectivity index (χ0v) is 31.4. The third kappa shape index (κ3) is 9.04. The van der Waals surface area contributed by atoms with Crippen LogP contribution in [0.1, 0.15) is 72.9 Å². The number of hydrogen-bond acceptors (Lipinski definition) is 9. The number of anilines is 2. The maximum absolute atomic E-state index is 13.1. The summed E-state index contributed by atoms with van der Waals surface area (Å²) in [5.41, 5.74) is 5.42. The molecule has 0 bridgehead atoms. The molecular weight excluding hydrogens is 729 g/mol. The minimum atomic E-state index is -4.25. The van der Waals surface area contributed by atoms with E-state index in [9.17, 15) is 27.6 Å². The first-order valence-corrected chi connectivity index (χ1v) is 21.0. The predicted octanol–water partition coefficient (Wildman–Crippen LogP) is 4.19. The summed E-state index contributed by atoms with van der Waals surface area (Å²) >= 11 is 1.94. The molecule has 5 N–H and O–H groups in total. The van der Waals surface area contributed by atoms with Gasteiger partial charge in [-0.2, -0.15) is 11.8 Å². The van der Waals surface area contributed by atoms with Gasteiger partial charge in [-0.05, 0) is 67.0 Å². The molecule has 2 saturated heterocycles. The van der Waals surface area contributed by atoms with Crippen LogP contribution in [0, 0.1) is 5.92 Å². The van der Waals surface area contributed by atoms with E-state index < -0.39 is 16.1 Å². The Kier molecular flexibility index (Phi) is 11.5. The number of carbonyl (C=O) groups is 4. The maximum Gasteiger partial charge on any atom is 0.333 e. The fourth-order valence-corrected chi connectivity index (χ4v) is 10.1. The van der Waals surface area contributed by atoms with Crippen LogP contribution in [0.2, 0.25) is 0 Å². The first-order chi connectivity index (χ1) is 26.1. The number of fused-ring (bicyclic) bond motifs is 3. The van der Waals surface area contributed by atoms with Gasteiger partial charge in [0.05, 0.1) is 16.3 Å². The molecule has 7 rings (SSSR count). The third-order valence-corrected chi connectivity index (χ3v) is 13.1. The van der Waals surface area contributed by atoms with Crippen LogP contribution in [0.3, 0.4) is 0 Å². The molecule has 0 radical (unpaired) electrons. The van der Waals surface area contributed by atoms with Crippen molar-refractivity contribution in [1.29, 1.82) is 0 Å². The van der Waals surface area contributed by atoms with Gasteiger partial charge in [0.1, 0.15) is 0 Å². The number of carbonyl (C=O) groups excluding carboxylic acids is 4. The summed E-state index contributed by atoms with van der Waals surface area (Å²) in [4.78, 5) is 49.5. The van der Waals surface area contributed by atoms with E-state index in [2.05, 4.69) is 42.4 Å². The van der Waals surface area contributed by atoms with Crippen LogP contribution in [0.4, 0.5) is 16.2 Å². The van der Waals surface area contributed by atoms with Crippen LogP contribution in [0.5, 0.6) is 0 Å². The highest BCUT2D eigenvalue weighted by atomic mass is 32.2. The Morgan fingerprint density at radius 1 is 1.00 bits per heavy atom. The van der Waals surface area contributed by atoms with Gasteiger partial charge in [-0.25, -0.2) is 17.9 Å². The first kappa shape index (κ1) is 37.4. The summed E-state index contributed by atoms with van der Waals surface area (Å²) in [7, 11) is -4.25. The highest BCUT2D eigenvalue weighted by Crippen LogP contribution is 2.40. The second kappa shape index (κ2) is 16.6. The maximum atomic E-state index is 13.1. The molecule has 4 aliphatic rings. The molecule has 1 aromatic heterocycles. The minimum absolute atomic E-state index is 0.0314. The molecule has 5 amide bonds. The van der Waals surface area contributed by atoms with Crippen LogP contribution < -0.4 is 26.0 Å². The molecule has 2 aliphatic carbocycles. The van der Waals surface area contributed by atoms with E-state index in [-0.39, 0.29) is 34.7 Å². The summed E-state index contributed by atoms with van der Waals surface area (Å²) in [6.07, 6.45) is 16.2. The lowest BCUT2D eigenvalue weighted by atomic mass is 9.94. The van der Waals surface area contributed by atoms with Crippen LogP contribution in [-0.4, -0.2) is 70.8 Å². The fourth-order valence-electron chi connectivity index (χ4n) is 7.51. The monoisotopic (exact) mass is 772 g/mol. The molecule has 16 heteroatoms. The largest absolute Gasteiger partial charge is 0.356 e. The van der Waals surface area contributed by atoms with Crippen molar-refractivity contribution in [2.24, 2.45) is 5.92 Å². The van der Waals surface area contributed by atoms with Gasteiger partial charge in [0, 0.05) is 79.2 Å². The number of rotatable bonds is 16. The van der Waals surface area contributed by atoms with E-state index in [0.717, 1.165) is 53.7 Å². The topological polar surface area (TPSA) is 193 Å². The molecule has 54 heavy (non-hydrogen) atoms. The second-order valence-electron chi connectivity index (χ2n) is 14.1. The van der Waals surface area contributed by atoms with Crippen molar-refractivity contribution in [2.75, 3.05) is 22.9 Å². The van der Waals surface area contributed by atoms with Gasteiger partial charge in [0.25, 0.3) is 10.0 Å². The van der Waals surface area contributed by atoms with Crippen LogP contribution in [-0.2, 0) is 50.2 Å². The van der Waals surface area contributed by atoms with Crippen LogP contribution in [0.15, 0.2) is 53.6 Å². The zero-order chi connectivity index (χ0) is 37.7. The van der Waals surface area contributed by atoms with Crippen molar-refractivity contribution in [3.05, 3.63) is 76.6 Å². The highest BCUT2D eigenvalue weighted by molar-refractivity contribution is 8.00. The number of hydrogen-bond donors (Lipinski definition) is 5. The average Bonchev–Trinajstić information content (AvgIpc) is 3.98. The molecule has 0 unspecified atom stereocenters. The van der Waals surface area contributed by atoms with Gasteiger partial charge in [-0.1, -0.05) is 48.1 Å². The summed E-state index contributed by atoms with van der Waals surface area (Å²) < 4.78 is 30.1. The summed E-state index contributed by atoms with van der Waals surface area (Å²) in [5, 5.41) is 20.3. The number of urea groups is 1. The minimum Gasteiger partial charge on any atom is -0.356 e. The van der Waals surface area contributed by atoms with E-state index in [4.69, 9.17) is 0 Å². The lowest BCUT2D eigenvalue weighted by molar-refractivity contribution is -0.121. The Bertz CT molecular complexity index is 2110. The Morgan fingerprint density at radius 3 is 2.76 bits per heavy atom. The number of nitrogens with zero attached hydrogens (tertiary/aromatic N) is 3. The highest BCUT2D eigenvalue weighted by Gasteiger charge is 2.42. The first-order valence-electron chi connectivity index (χ1n) is 18.4. The summed E-state index contributed by atoms with van der Waals surface area (Å²) in [5.74, 6) is 1.29. The van der Waals surface area contributed by atoms with Crippen molar-refractivity contribution < 1.29 is 27.6 Å². The quantitative estimate of drug-likeness (QED) is 0.133. The number of sulfonamides is 1. The Hall–Kier alpha value is -4.96. The number of unbranched alkanes of at least 4 members (excludes halogenated alkanes) is 1. The van der Waals surface area contributed by atoms with Crippen molar-refractivity contribution in [2.45, 2.75) is 86.9 Å². The van der Waals surface area contributed by atoms with Crippen molar-refractivity contribution in [3.63, 3.8) is 0 Å². The molecule has 284 valence electrons. The molecule has 3 heterocycles. The van der Waals surface area contributed by atoms with Gasteiger partial charge in [-0.3, -0.25) is 19.1 Å². The van der Waals surface area contributed by atoms with Crippen LogP contribution >= 0.6 is 11.8 Å². The Balaban J connectivity index is 0.796.